The molecule has 1 aliphatic carbocycles. The van der Waals surface area contributed by atoms with Crippen LogP contribution in [0.5, 0.6) is 0 Å². The monoisotopic (exact) mass is 481 g/mol. The van der Waals surface area contributed by atoms with Gasteiger partial charge in [-0.05, 0) is 31.6 Å². The van der Waals surface area contributed by atoms with Crippen LogP contribution >= 0.6 is 0 Å². The molecule has 1 amide bonds. The molecule has 0 radical (unpaired) electrons. The second kappa shape index (κ2) is 8.21. The second-order valence-electron chi connectivity index (χ2n) is 9.48. The molecule has 0 unspecified atom stereocenters. The third-order valence-electron chi connectivity index (χ3n) is 7.21. The number of halogens is 2. The summed E-state index contributed by atoms with van der Waals surface area (Å²) in [6.07, 6.45) is 4.56. The Bertz CT molecular complexity index is 1420. The summed E-state index contributed by atoms with van der Waals surface area (Å²) in [6, 6.07) is 0.276. The maximum atomic E-state index is 13.0. The van der Waals surface area contributed by atoms with Gasteiger partial charge in [0.1, 0.15) is 11.5 Å². The van der Waals surface area contributed by atoms with Gasteiger partial charge in [0.15, 0.2) is 11.3 Å². The van der Waals surface area contributed by atoms with E-state index in [9.17, 15) is 13.6 Å². The number of carbonyl (C=O) groups is 1. The SMILES string of the molecule is CC(=O)N1C[C@H]2C[C@H](Nc3ncc4c(-c5cnc6nc(C)n(CC(F)F)c6n5)c[nH]c4n3)C[C@H]2C1. The summed E-state index contributed by atoms with van der Waals surface area (Å²) in [5.74, 6) is 2.19. The number of anilines is 1. The van der Waals surface area contributed by atoms with Crippen molar-refractivity contribution in [2.24, 2.45) is 11.8 Å². The third kappa shape index (κ3) is 3.86. The highest BCUT2D eigenvalue weighted by atomic mass is 19.3. The first-order chi connectivity index (χ1) is 16.9. The molecule has 0 aromatic carbocycles. The van der Waals surface area contributed by atoms with Crippen LogP contribution in [-0.2, 0) is 11.3 Å². The van der Waals surface area contributed by atoms with Crippen molar-refractivity contribution in [3.8, 4) is 11.3 Å². The summed E-state index contributed by atoms with van der Waals surface area (Å²) >= 11 is 0. The molecule has 12 heteroatoms. The Morgan fingerprint density at radius 2 is 1.94 bits per heavy atom. The van der Waals surface area contributed by atoms with Crippen LogP contribution in [0.4, 0.5) is 14.7 Å². The Morgan fingerprint density at radius 3 is 2.66 bits per heavy atom. The number of aromatic amines is 1. The number of rotatable bonds is 5. The largest absolute Gasteiger partial charge is 0.351 e. The zero-order valence-electron chi connectivity index (χ0n) is 19.4. The molecule has 4 aromatic rings. The number of H-pyrrole nitrogens is 1. The van der Waals surface area contributed by atoms with E-state index in [4.69, 9.17) is 0 Å². The number of likely N-dealkylation sites (tertiary alicyclic amines) is 1. The highest BCUT2D eigenvalue weighted by Gasteiger charge is 2.41. The van der Waals surface area contributed by atoms with Crippen LogP contribution < -0.4 is 5.32 Å². The van der Waals surface area contributed by atoms with Crippen LogP contribution in [0.15, 0.2) is 18.6 Å². The Balaban J connectivity index is 1.23. The van der Waals surface area contributed by atoms with Gasteiger partial charge in [-0.25, -0.2) is 28.7 Å². The van der Waals surface area contributed by atoms with E-state index in [0.29, 0.717) is 46.2 Å². The van der Waals surface area contributed by atoms with Crippen LogP contribution in [0, 0.1) is 18.8 Å². The molecule has 0 bridgehead atoms. The fraction of sp³-hybridized carbons (Fsp3) is 0.478. The second-order valence-corrected chi connectivity index (χ2v) is 9.48. The van der Waals surface area contributed by atoms with Crippen molar-refractivity contribution in [1.29, 1.82) is 0 Å². The average molecular weight is 482 g/mol. The standard InChI is InChI=1S/C23H25F2N9O/c1-11-29-21-22(34(11)10-19(24)25)31-18(7-27-21)16-5-26-20-17(16)6-28-23(32-20)30-15-3-13-8-33(12(2)35)9-14(13)4-15/h5-7,13-15,19H,3-4,8-10H2,1-2H3,(H2,26,28,30,32)/t13-,14+,15+. The summed E-state index contributed by atoms with van der Waals surface area (Å²) in [7, 11) is 0. The lowest BCUT2D eigenvalue weighted by atomic mass is 10.0. The number of amides is 1. The lowest BCUT2D eigenvalue weighted by Gasteiger charge is -2.18. The van der Waals surface area contributed by atoms with Crippen molar-refractivity contribution in [2.75, 3.05) is 18.4 Å². The van der Waals surface area contributed by atoms with Crippen LogP contribution in [0.25, 0.3) is 33.6 Å². The normalized spacial score (nSPS) is 22.0. The predicted molar refractivity (Wildman–Crippen MR) is 125 cm³/mol. The summed E-state index contributed by atoms with van der Waals surface area (Å²) in [5.41, 5.74) is 2.58. The topological polar surface area (TPSA) is 118 Å². The fourth-order valence-electron chi connectivity index (χ4n) is 5.53. The number of fused-ring (bicyclic) bond motifs is 3. The molecule has 1 saturated carbocycles. The zero-order chi connectivity index (χ0) is 24.3. The summed E-state index contributed by atoms with van der Waals surface area (Å²) in [5, 5.41) is 4.22. The van der Waals surface area contributed by atoms with Crippen molar-refractivity contribution in [3.63, 3.8) is 0 Å². The van der Waals surface area contributed by atoms with Gasteiger partial charge >= 0.3 is 0 Å². The number of imidazole rings is 1. The molecule has 4 aromatic heterocycles. The number of nitrogens with zero attached hydrogens (tertiary/aromatic N) is 7. The molecule has 35 heavy (non-hydrogen) atoms. The lowest BCUT2D eigenvalue weighted by Crippen LogP contribution is -2.29. The van der Waals surface area contributed by atoms with E-state index in [-0.39, 0.29) is 11.9 Å². The van der Waals surface area contributed by atoms with E-state index < -0.39 is 13.0 Å². The number of aryl methyl sites for hydroxylation is 1. The number of nitrogens with one attached hydrogen (secondary N) is 2. The average Bonchev–Trinajstić information content (AvgIpc) is 3.55. The quantitative estimate of drug-likeness (QED) is 0.450. The van der Waals surface area contributed by atoms with Crippen molar-refractivity contribution in [1.82, 2.24) is 39.4 Å². The van der Waals surface area contributed by atoms with E-state index in [1.165, 1.54) is 4.57 Å². The minimum atomic E-state index is -2.52. The van der Waals surface area contributed by atoms with Crippen LogP contribution in [0.1, 0.15) is 25.6 Å². The molecule has 2 fully saturated rings. The Morgan fingerprint density at radius 1 is 1.17 bits per heavy atom. The predicted octanol–water partition coefficient (Wildman–Crippen LogP) is 3.01. The highest BCUT2D eigenvalue weighted by Crippen LogP contribution is 2.39. The number of alkyl halides is 2. The summed E-state index contributed by atoms with van der Waals surface area (Å²) < 4.78 is 27.5. The van der Waals surface area contributed by atoms with Gasteiger partial charge in [-0.15, -0.1) is 0 Å². The Kier molecular flexibility index (Phi) is 5.11. The number of carbonyl (C=O) groups excluding carboxylic acids is 1. The van der Waals surface area contributed by atoms with E-state index in [1.54, 1.807) is 32.4 Å². The molecule has 1 aliphatic heterocycles. The maximum absolute atomic E-state index is 13.0. The van der Waals surface area contributed by atoms with Gasteiger partial charge in [0.2, 0.25) is 11.9 Å². The van der Waals surface area contributed by atoms with E-state index in [1.807, 2.05) is 4.90 Å². The van der Waals surface area contributed by atoms with E-state index in [0.717, 1.165) is 36.9 Å². The highest BCUT2D eigenvalue weighted by molar-refractivity contribution is 5.93. The minimum absolute atomic E-state index is 0.151. The summed E-state index contributed by atoms with van der Waals surface area (Å²) in [6.45, 7) is 4.48. The Labute approximate surface area is 199 Å². The van der Waals surface area contributed by atoms with Gasteiger partial charge in [0, 0.05) is 49.4 Å². The van der Waals surface area contributed by atoms with Crippen molar-refractivity contribution < 1.29 is 13.6 Å². The minimum Gasteiger partial charge on any atom is -0.351 e. The lowest BCUT2D eigenvalue weighted by molar-refractivity contribution is -0.128. The van der Waals surface area contributed by atoms with E-state index in [2.05, 4.69) is 35.2 Å². The maximum Gasteiger partial charge on any atom is 0.256 e. The van der Waals surface area contributed by atoms with Crippen molar-refractivity contribution >= 4 is 34.2 Å². The first-order valence-electron chi connectivity index (χ1n) is 11.7. The molecule has 5 heterocycles. The molecular weight excluding hydrogens is 456 g/mol. The van der Waals surface area contributed by atoms with Crippen LogP contribution in [0.2, 0.25) is 0 Å². The first-order valence-corrected chi connectivity index (χ1v) is 11.7. The number of hydrogen-bond donors (Lipinski definition) is 2. The fourth-order valence-corrected chi connectivity index (χ4v) is 5.53. The van der Waals surface area contributed by atoms with Gasteiger partial charge in [0.05, 0.1) is 18.4 Å². The summed E-state index contributed by atoms with van der Waals surface area (Å²) in [4.78, 5) is 39.1. The molecule has 6 rings (SSSR count). The number of hydrogen-bond acceptors (Lipinski definition) is 7. The van der Waals surface area contributed by atoms with Crippen LogP contribution in [-0.4, -0.2) is 70.8 Å². The van der Waals surface area contributed by atoms with Crippen LogP contribution in [0.3, 0.4) is 0 Å². The molecular formula is C23H25F2N9O. The smallest absolute Gasteiger partial charge is 0.256 e. The zero-order valence-corrected chi connectivity index (χ0v) is 19.4. The number of aromatic nitrogens is 7. The molecule has 3 atom stereocenters. The first kappa shape index (κ1) is 21.8. The van der Waals surface area contributed by atoms with Crippen molar-refractivity contribution in [2.45, 2.75) is 45.7 Å². The molecule has 2 N–H and O–H groups in total. The van der Waals surface area contributed by atoms with E-state index >= 15 is 0 Å². The molecule has 0 spiro atoms. The van der Waals surface area contributed by atoms with Gasteiger partial charge in [-0.2, -0.15) is 4.98 Å². The van der Waals surface area contributed by atoms with Gasteiger partial charge in [0.25, 0.3) is 6.43 Å². The molecule has 1 saturated heterocycles. The van der Waals surface area contributed by atoms with Gasteiger partial charge < -0.3 is 19.8 Å². The Hall–Kier alpha value is -3.70. The molecule has 2 aliphatic rings. The van der Waals surface area contributed by atoms with Gasteiger partial charge in [-0.3, -0.25) is 4.79 Å². The van der Waals surface area contributed by atoms with Crippen molar-refractivity contribution in [3.05, 3.63) is 24.4 Å². The molecule has 182 valence electrons. The van der Waals surface area contributed by atoms with Gasteiger partial charge in [-0.1, -0.05) is 0 Å². The third-order valence-corrected chi connectivity index (χ3v) is 7.21. The molecule has 10 nitrogen and oxygen atoms in total.